The van der Waals surface area contributed by atoms with E-state index in [4.69, 9.17) is 11.5 Å². The molecule has 0 fully saturated rings. The fourth-order valence-electron chi connectivity index (χ4n) is 2.37. The van der Waals surface area contributed by atoms with Gasteiger partial charge in [0, 0.05) is 12.0 Å². The Morgan fingerprint density at radius 1 is 1.11 bits per heavy atom. The normalized spacial score (nSPS) is 15.7. The fourth-order valence-corrected chi connectivity index (χ4v) is 2.37. The Bertz CT molecular complexity index is 692. The lowest BCUT2D eigenvalue weighted by Gasteiger charge is -2.35. The third-order valence-corrected chi connectivity index (χ3v) is 3.66. The van der Waals surface area contributed by atoms with Crippen molar-refractivity contribution in [2.75, 3.05) is 6.54 Å². The molecule has 0 radical (unpaired) electrons. The maximum Gasteiger partial charge on any atom is 0.406 e. The number of hydrogen-bond acceptors (Lipinski definition) is 4. The highest BCUT2D eigenvalue weighted by Crippen LogP contribution is 2.32. The molecule has 0 aliphatic heterocycles. The minimum atomic E-state index is -5.17. The van der Waals surface area contributed by atoms with Gasteiger partial charge in [-0.3, -0.25) is 9.59 Å². The predicted octanol–water partition coefficient (Wildman–Crippen LogP) is 1.02. The van der Waals surface area contributed by atoms with Gasteiger partial charge in [0.25, 0.3) is 0 Å². The number of amides is 2. The average molecular weight is 401 g/mol. The van der Waals surface area contributed by atoms with Crippen LogP contribution in [-0.4, -0.2) is 47.5 Å². The smallest absolute Gasteiger partial charge is 0.387 e. The molecule has 0 bridgehead atoms. The number of aliphatic hydroxyl groups is 1. The number of carbonyl (C=O) groups is 2. The van der Waals surface area contributed by atoms with Crippen molar-refractivity contribution in [3.8, 4) is 0 Å². The van der Waals surface area contributed by atoms with Crippen LogP contribution in [0.1, 0.15) is 22.3 Å². The van der Waals surface area contributed by atoms with E-state index >= 15 is 0 Å². The Morgan fingerprint density at radius 3 is 2.15 bits per heavy atom. The Hall–Kier alpha value is -2.34. The average Bonchev–Trinajstić information content (AvgIpc) is 2.51. The minimum absolute atomic E-state index is 0.143. The number of nitrogens with two attached hydrogens (primary N) is 2. The van der Waals surface area contributed by atoms with Gasteiger partial charge in [-0.05, 0) is 11.6 Å². The van der Waals surface area contributed by atoms with Gasteiger partial charge in [0.15, 0.2) is 0 Å². The van der Waals surface area contributed by atoms with Crippen LogP contribution >= 0.6 is 0 Å². The van der Waals surface area contributed by atoms with Crippen LogP contribution in [-0.2, 0) is 11.2 Å². The number of halogens is 6. The van der Waals surface area contributed by atoms with Crippen LogP contribution in [0.15, 0.2) is 24.3 Å². The first kappa shape index (κ1) is 22.7. The lowest BCUT2D eigenvalue weighted by Crippen LogP contribution is -2.59. The molecule has 0 saturated heterocycles. The Kier molecular flexibility index (Phi) is 6.83. The summed E-state index contributed by atoms with van der Waals surface area (Å²) in [7, 11) is 0. The van der Waals surface area contributed by atoms with Gasteiger partial charge in [0.2, 0.25) is 11.8 Å². The van der Waals surface area contributed by atoms with E-state index in [2.05, 4.69) is 0 Å². The molecular formula is C15H17F6N3O3. The molecule has 1 unspecified atom stereocenters. The van der Waals surface area contributed by atoms with E-state index in [1.165, 1.54) is 29.6 Å². The van der Waals surface area contributed by atoms with Crippen LogP contribution in [0, 0.1) is 0 Å². The van der Waals surface area contributed by atoms with Gasteiger partial charge in [0.1, 0.15) is 18.2 Å². The van der Waals surface area contributed by atoms with Crippen LogP contribution < -0.4 is 16.8 Å². The van der Waals surface area contributed by atoms with Crippen molar-refractivity contribution in [1.82, 2.24) is 5.32 Å². The summed E-state index contributed by atoms with van der Waals surface area (Å²) in [5.74, 6) is -2.50. The van der Waals surface area contributed by atoms with Crippen LogP contribution in [0.5, 0.6) is 0 Å². The maximum absolute atomic E-state index is 13.0. The molecule has 6 N–H and O–H groups in total. The first-order valence-corrected chi connectivity index (χ1v) is 7.41. The Morgan fingerprint density at radius 2 is 1.67 bits per heavy atom. The summed E-state index contributed by atoms with van der Waals surface area (Å²) in [6.07, 6.45) is -12.3. The first-order valence-electron chi connectivity index (χ1n) is 7.41. The van der Waals surface area contributed by atoms with Crippen molar-refractivity contribution in [3.63, 3.8) is 0 Å². The fraction of sp³-hybridized carbons (Fsp3) is 0.467. The standard InChI is InChI=1S/C15H17F6N3O3/c16-14(17,18)7-24-10(25)6-13(27,12(23)15(19,20)21)5-8-3-1-2-4-9(8)11(22)26/h1-4,12,27H,5-7,23H2,(H2,22,26)(H,24,25)/t12?,13-/m1/s1. The molecule has 0 aliphatic carbocycles. The molecule has 0 aromatic heterocycles. The zero-order chi connectivity index (χ0) is 21.0. The van der Waals surface area contributed by atoms with Gasteiger partial charge in [-0.15, -0.1) is 0 Å². The molecule has 2 amide bonds. The second-order valence-electron chi connectivity index (χ2n) is 5.89. The summed E-state index contributed by atoms with van der Waals surface area (Å²) in [5, 5.41) is 11.8. The molecule has 1 aromatic carbocycles. The quantitative estimate of drug-likeness (QED) is 0.510. The second-order valence-corrected chi connectivity index (χ2v) is 5.89. The molecule has 0 spiro atoms. The molecule has 6 nitrogen and oxygen atoms in total. The van der Waals surface area contributed by atoms with Crippen LogP contribution in [0.2, 0.25) is 0 Å². The third-order valence-electron chi connectivity index (χ3n) is 3.66. The molecule has 152 valence electrons. The van der Waals surface area contributed by atoms with Gasteiger partial charge in [-0.25, -0.2) is 0 Å². The van der Waals surface area contributed by atoms with E-state index in [9.17, 15) is 41.0 Å². The van der Waals surface area contributed by atoms with Gasteiger partial charge < -0.3 is 21.9 Å². The van der Waals surface area contributed by atoms with Crippen molar-refractivity contribution in [3.05, 3.63) is 35.4 Å². The third kappa shape index (κ3) is 6.71. The zero-order valence-corrected chi connectivity index (χ0v) is 13.7. The molecule has 0 heterocycles. The van der Waals surface area contributed by atoms with Gasteiger partial charge in [-0.2, -0.15) is 26.3 Å². The summed E-state index contributed by atoms with van der Waals surface area (Å²) >= 11 is 0. The van der Waals surface area contributed by atoms with Crippen molar-refractivity contribution >= 4 is 11.8 Å². The molecule has 12 heteroatoms. The van der Waals surface area contributed by atoms with E-state index in [-0.39, 0.29) is 11.1 Å². The van der Waals surface area contributed by atoms with Crippen LogP contribution in [0.3, 0.4) is 0 Å². The second kappa shape index (κ2) is 8.13. The Labute approximate surface area is 149 Å². The lowest BCUT2D eigenvalue weighted by atomic mass is 9.82. The summed E-state index contributed by atoms with van der Waals surface area (Å²) in [6.45, 7) is -1.79. The van der Waals surface area contributed by atoms with E-state index in [0.29, 0.717) is 0 Å². The monoisotopic (exact) mass is 401 g/mol. The van der Waals surface area contributed by atoms with E-state index < -0.39 is 55.2 Å². The highest BCUT2D eigenvalue weighted by atomic mass is 19.4. The summed E-state index contributed by atoms with van der Waals surface area (Å²) in [4.78, 5) is 23.1. The van der Waals surface area contributed by atoms with Gasteiger partial charge in [0.05, 0.1) is 6.42 Å². The summed E-state index contributed by atoms with van der Waals surface area (Å²) in [6, 6.07) is 2.10. The van der Waals surface area contributed by atoms with Crippen molar-refractivity contribution in [2.45, 2.75) is 36.8 Å². The predicted molar refractivity (Wildman–Crippen MR) is 81.3 cm³/mol. The molecule has 0 saturated carbocycles. The Balaban J connectivity index is 3.17. The summed E-state index contributed by atoms with van der Waals surface area (Å²) < 4.78 is 75.6. The van der Waals surface area contributed by atoms with Crippen LogP contribution in [0.4, 0.5) is 26.3 Å². The molecule has 1 rings (SSSR count). The van der Waals surface area contributed by atoms with E-state index in [1.54, 1.807) is 0 Å². The van der Waals surface area contributed by atoms with Gasteiger partial charge >= 0.3 is 12.4 Å². The number of nitrogens with one attached hydrogen (secondary N) is 1. The number of carbonyl (C=O) groups excluding carboxylic acids is 2. The molecule has 1 aromatic rings. The largest absolute Gasteiger partial charge is 0.406 e. The van der Waals surface area contributed by atoms with Crippen molar-refractivity contribution < 1.29 is 41.0 Å². The lowest BCUT2D eigenvalue weighted by molar-refractivity contribution is -0.194. The number of benzene rings is 1. The minimum Gasteiger partial charge on any atom is -0.387 e. The zero-order valence-electron chi connectivity index (χ0n) is 13.7. The molecule has 2 atom stereocenters. The van der Waals surface area contributed by atoms with Crippen LogP contribution in [0.25, 0.3) is 0 Å². The van der Waals surface area contributed by atoms with Crippen molar-refractivity contribution in [2.24, 2.45) is 11.5 Å². The highest BCUT2D eigenvalue weighted by molar-refractivity contribution is 5.94. The molecule has 0 aliphatic rings. The van der Waals surface area contributed by atoms with E-state index in [0.717, 1.165) is 0 Å². The SMILES string of the molecule is NC(=O)c1ccccc1C[C@@](O)(CC(=O)NCC(F)(F)F)C(N)C(F)(F)F. The number of alkyl halides is 6. The maximum atomic E-state index is 13.0. The van der Waals surface area contributed by atoms with E-state index in [1.807, 2.05) is 0 Å². The molecular weight excluding hydrogens is 384 g/mol. The highest BCUT2D eigenvalue weighted by Gasteiger charge is 2.52. The van der Waals surface area contributed by atoms with Gasteiger partial charge in [-0.1, -0.05) is 18.2 Å². The molecule has 27 heavy (non-hydrogen) atoms. The summed E-state index contributed by atoms with van der Waals surface area (Å²) in [5.41, 5.74) is 6.78. The number of rotatable bonds is 7. The topological polar surface area (TPSA) is 118 Å². The van der Waals surface area contributed by atoms with Crippen molar-refractivity contribution in [1.29, 1.82) is 0 Å². The number of primary amides is 1. The number of hydrogen-bond donors (Lipinski definition) is 4. The first-order chi connectivity index (χ1) is 12.2.